The van der Waals surface area contributed by atoms with E-state index in [1.165, 1.54) is 0 Å². The molecule has 0 aliphatic carbocycles. The zero-order valence-corrected chi connectivity index (χ0v) is 7.95. The first-order valence-electron chi connectivity index (χ1n) is 3.70. The number of ether oxygens (including phenoxy) is 2. The lowest BCUT2D eigenvalue weighted by Crippen LogP contribution is -2.38. The van der Waals surface area contributed by atoms with Gasteiger partial charge >= 0.3 is 0 Å². The van der Waals surface area contributed by atoms with E-state index in [1.54, 1.807) is 6.20 Å². The number of rotatable bonds is 2. The van der Waals surface area contributed by atoms with Gasteiger partial charge in [-0.2, -0.15) is 0 Å². The van der Waals surface area contributed by atoms with Crippen LogP contribution >= 0.6 is 15.9 Å². The third-order valence-electron chi connectivity index (χ3n) is 1.61. The van der Waals surface area contributed by atoms with E-state index in [4.69, 9.17) is 9.47 Å². The van der Waals surface area contributed by atoms with E-state index in [9.17, 15) is 0 Å². The number of hydrogen-bond donors (Lipinski definition) is 0. The van der Waals surface area contributed by atoms with E-state index in [0.29, 0.717) is 13.2 Å². The monoisotopic (exact) mass is 229 g/mol. The molecule has 64 valence electrons. The number of halogens is 1. The highest BCUT2D eigenvalue weighted by Crippen LogP contribution is 2.18. The van der Waals surface area contributed by atoms with Crippen molar-refractivity contribution in [3.63, 3.8) is 0 Å². The van der Waals surface area contributed by atoms with E-state index in [2.05, 4.69) is 20.9 Å². The lowest BCUT2D eigenvalue weighted by atomic mass is 10.3. The Morgan fingerprint density at radius 3 is 3.00 bits per heavy atom. The molecule has 1 aliphatic rings. The van der Waals surface area contributed by atoms with Crippen molar-refractivity contribution in [2.45, 2.75) is 6.10 Å². The first-order chi connectivity index (χ1) is 5.84. The van der Waals surface area contributed by atoms with Gasteiger partial charge in [-0.3, -0.25) is 0 Å². The van der Waals surface area contributed by atoms with Gasteiger partial charge in [0.1, 0.15) is 16.5 Å². The lowest BCUT2D eigenvalue weighted by molar-refractivity contribution is -0.0797. The molecule has 0 saturated carbocycles. The van der Waals surface area contributed by atoms with Gasteiger partial charge in [-0.15, -0.1) is 0 Å². The summed E-state index contributed by atoms with van der Waals surface area (Å²) in [7, 11) is 0. The van der Waals surface area contributed by atoms with Crippen molar-refractivity contribution < 1.29 is 9.47 Å². The summed E-state index contributed by atoms with van der Waals surface area (Å²) in [6.45, 7) is 1.39. The molecule has 0 unspecified atom stereocenters. The number of nitrogens with zero attached hydrogens (tertiary/aromatic N) is 1. The average molecular weight is 230 g/mol. The standard InChI is InChI=1S/C8H8BrNO2/c9-8-3-6(1-2-10-8)12-7-4-11-5-7/h1-3,7H,4-5H2. The Balaban J connectivity index is 2.02. The third-order valence-corrected chi connectivity index (χ3v) is 2.04. The second-order valence-corrected chi connectivity index (χ2v) is 3.40. The molecule has 2 rings (SSSR count). The third kappa shape index (κ3) is 1.76. The van der Waals surface area contributed by atoms with E-state index in [0.717, 1.165) is 10.4 Å². The molecule has 1 aliphatic heterocycles. The Morgan fingerprint density at radius 2 is 2.42 bits per heavy atom. The molecule has 0 radical (unpaired) electrons. The molecule has 0 N–H and O–H groups in total. The fourth-order valence-corrected chi connectivity index (χ4v) is 1.28. The van der Waals surface area contributed by atoms with Gasteiger partial charge in [-0.1, -0.05) is 0 Å². The van der Waals surface area contributed by atoms with Gasteiger partial charge in [0, 0.05) is 12.3 Å². The molecule has 3 nitrogen and oxygen atoms in total. The largest absolute Gasteiger partial charge is 0.485 e. The molecule has 1 aromatic rings. The number of aromatic nitrogens is 1. The molecule has 12 heavy (non-hydrogen) atoms. The summed E-state index contributed by atoms with van der Waals surface area (Å²) in [6.07, 6.45) is 1.93. The van der Waals surface area contributed by atoms with Crippen LogP contribution in [0.5, 0.6) is 5.75 Å². The maximum Gasteiger partial charge on any atom is 0.145 e. The van der Waals surface area contributed by atoms with Crippen molar-refractivity contribution >= 4 is 15.9 Å². The van der Waals surface area contributed by atoms with Gasteiger partial charge in [-0.05, 0) is 22.0 Å². The van der Waals surface area contributed by atoms with Gasteiger partial charge < -0.3 is 9.47 Å². The molecule has 0 aromatic carbocycles. The summed E-state index contributed by atoms with van der Waals surface area (Å²) >= 11 is 3.27. The van der Waals surface area contributed by atoms with Crippen molar-refractivity contribution in [3.8, 4) is 5.75 Å². The SMILES string of the molecule is Brc1cc(OC2COC2)ccn1. The van der Waals surface area contributed by atoms with E-state index in [1.807, 2.05) is 12.1 Å². The molecular weight excluding hydrogens is 222 g/mol. The van der Waals surface area contributed by atoms with Crippen LogP contribution in [0, 0.1) is 0 Å². The fraction of sp³-hybridized carbons (Fsp3) is 0.375. The summed E-state index contributed by atoms with van der Waals surface area (Å²) in [4.78, 5) is 4.00. The average Bonchev–Trinajstić information content (AvgIpc) is 1.97. The van der Waals surface area contributed by atoms with Gasteiger partial charge in [0.2, 0.25) is 0 Å². The summed E-state index contributed by atoms with van der Waals surface area (Å²) in [5, 5.41) is 0. The molecular formula is C8H8BrNO2. The second kappa shape index (κ2) is 3.41. The molecule has 1 saturated heterocycles. The first-order valence-corrected chi connectivity index (χ1v) is 4.50. The Labute approximate surface area is 78.8 Å². The molecule has 0 atom stereocenters. The van der Waals surface area contributed by atoms with Crippen molar-refractivity contribution in [2.24, 2.45) is 0 Å². The Kier molecular flexibility index (Phi) is 2.28. The zero-order valence-electron chi connectivity index (χ0n) is 6.37. The van der Waals surface area contributed by atoms with Crippen LogP contribution in [-0.4, -0.2) is 24.3 Å². The van der Waals surface area contributed by atoms with Crippen LogP contribution < -0.4 is 4.74 Å². The maximum atomic E-state index is 5.54. The summed E-state index contributed by atoms with van der Waals surface area (Å²) < 4.78 is 11.3. The Hall–Kier alpha value is -0.610. The minimum absolute atomic E-state index is 0.222. The van der Waals surface area contributed by atoms with E-state index < -0.39 is 0 Å². The quantitative estimate of drug-likeness (QED) is 0.723. The molecule has 4 heteroatoms. The molecule has 0 bridgehead atoms. The van der Waals surface area contributed by atoms with Gasteiger partial charge in [-0.25, -0.2) is 4.98 Å². The van der Waals surface area contributed by atoms with E-state index >= 15 is 0 Å². The topological polar surface area (TPSA) is 31.4 Å². The maximum absolute atomic E-state index is 5.54. The highest BCUT2D eigenvalue weighted by molar-refractivity contribution is 9.10. The van der Waals surface area contributed by atoms with Crippen LogP contribution in [0.2, 0.25) is 0 Å². The van der Waals surface area contributed by atoms with Crippen LogP contribution in [-0.2, 0) is 4.74 Å². The number of hydrogen-bond acceptors (Lipinski definition) is 3. The lowest BCUT2D eigenvalue weighted by Gasteiger charge is -2.26. The van der Waals surface area contributed by atoms with Crippen LogP contribution in [0.4, 0.5) is 0 Å². The zero-order chi connectivity index (χ0) is 8.39. The summed E-state index contributed by atoms with van der Waals surface area (Å²) in [5.74, 6) is 0.838. The highest BCUT2D eigenvalue weighted by Gasteiger charge is 2.19. The van der Waals surface area contributed by atoms with Gasteiger partial charge in [0.05, 0.1) is 13.2 Å². The normalized spacial score (nSPS) is 17.1. The van der Waals surface area contributed by atoms with Crippen LogP contribution in [0.25, 0.3) is 0 Å². The smallest absolute Gasteiger partial charge is 0.145 e. The van der Waals surface area contributed by atoms with Crippen LogP contribution in [0.15, 0.2) is 22.9 Å². The second-order valence-electron chi connectivity index (χ2n) is 2.59. The van der Waals surface area contributed by atoms with Crippen molar-refractivity contribution in [2.75, 3.05) is 13.2 Å². The van der Waals surface area contributed by atoms with Crippen LogP contribution in [0.1, 0.15) is 0 Å². The Morgan fingerprint density at radius 1 is 1.58 bits per heavy atom. The molecule has 2 heterocycles. The van der Waals surface area contributed by atoms with E-state index in [-0.39, 0.29) is 6.10 Å². The molecule has 0 spiro atoms. The first kappa shape index (κ1) is 8.01. The van der Waals surface area contributed by atoms with Gasteiger partial charge in [0.15, 0.2) is 0 Å². The predicted molar refractivity (Wildman–Crippen MR) is 47.2 cm³/mol. The Bertz CT molecular complexity index is 276. The minimum atomic E-state index is 0.222. The molecule has 1 fully saturated rings. The summed E-state index contributed by atoms with van der Waals surface area (Å²) in [6, 6.07) is 3.68. The fourth-order valence-electron chi connectivity index (χ4n) is 0.933. The van der Waals surface area contributed by atoms with Crippen LogP contribution in [0.3, 0.4) is 0 Å². The molecule has 0 amide bonds. The van der Waals surface area contributed by atoms with Crippen molar-refractivity contribution in [1.82, 2.24) is 4.98 Å². The predicted octanol–water partition coefficient (Wildman–Crippen LogP) is 1.62. The van der Waals surface area contributed by atoms with Gasteiger partial charge in [0.25, 0.3) is 0 Å². The van der Waals surface area contributed by atoms with Crippen molar-refractivity contribution in [1.29, 1.82) is 0 Å². The number of pyridine rings is 1. The highest BCUT2D eigenvalue weighted by atomic mass is 79.9. The molecule has 1 aromatic heterocycles. The summed E-state index contributed by atoms with van der Waals surface area (Å²) in [5.41, 5.74) is 0. The minimum Gasteiger partial charge on any atom is -0.485 e. The van der Waals surface area contributed by atoms with Crippen molar-refractivity contribution in [3.05, 3.63) is 22.9 Å².